The number of phosphoric acid groups is 2. The van der Waals surface area contributed by atoms with E-state index in [-0.39, 0.29) is 25.7 Å². The Morgan fingerprint density at radius 3 is 0.816 bits per heavy atom. The van der Waals surface area contributed by atoms with Crippen molar-refractivity contribution in [2.24, 2.45) is 5.92 Å². The molecule has 87 heavy (non-hydrogen) atoms. The first kappa shape index (κ1) is 85.1. The standard InChI is InChI=1S/C68H132O17P2/c1-6-10-13-16-18-20-22-24-25-26-27-28-29-31-33-39-44-49-54-68(73)85-64(58-79-66(71)52-47-42-37-35-34-36-41-45-50-61(5)9-4)60-83-87(76,77)81-56-62(69)55-80-86(74,75)82-59-63(57-78-65(70)51-46-40-15-12-8-3)84-67(72)53-48-43-38-32-30-23-21-19-17-14-11-7-2/h61-64,69H,6-60H2,1-5H3,(H,74,75)(H,76,77)/t61?,62-,63+,64+/m0/s1. The van der Waals surface area contributed by atoms with Crippen LogP contribution in [0.5, 0.6) is 0 Å². The molecule has 6 atom stereocenters. The molecule has 3 N–H and O–H groups in total. The number of unbranched alkanes of at least 4 members (excludes halogenated alkanes) is 39. The number of carbonyl (C=O) groups excluding carboxylic acids is 4. The first-order chi connectivity index (χ1) is 42.1. The van der Waals surface area contributed by atoms with Gasteiger partial charge in [0.2, 0.25) is 0 Å². The van der Waals surface area contributed by atoms with Crippen molar-refractivity contribution in [3.8, 4) is 0 Å². The Balaban J connectivity index is 5.15. The van der Waals surface area contributed by atoms with Crippen LogP contribution < -0.4 is 0 Å². The van der Waals surface area contributed by atoms with E-state index in [0.717, 1.165) is 102 Å². The quantitative estimate of drug-likeness (QED) is 0.0222. The summed E-state index contributed by atoms with van der Waals surface area (Å²) in [4.78, 5) is 72.2. The third-order valence-corrected chi connectivity index (χ3v) is 18.0. The Bertz CT molecular complexity index is 1690. The topological polar surface area (TPSA) is 237 Å². The zero-order valence-electron chi connectivity index (χ0n) is 56.2. The predicted octanol–water partition coefficient (Wildman–Crippen LogP) is 19.4. The maximum atomic E-state index is 13.0. The minimum absolute atomic E-state index is 0.106. The summed E-state index contributed by atoms with van der Waals surface area (Å²) in [7, 11) is -9.89. The number of carbonyl (C=O) groups is 4. The molecule has 17 nitrogen and oxygen atoms in total. The molecule has 0 amide bonds. The number of aliphatic hydroxyl groups is 1. The van der Waals surface area contributed by atoms with Gasteiger partial charge in [-0.3, -0.25) is 37.3 Å². The molecule has 0 bridgehead atoms. The smallest absolute Gasteiger partial charge is 0.462 e. The third kappa shape index (κ3) is 61.3. The van der Waals surface area contributed by atoms with Gasteiger partial charge < -0.3 is 33.8 Å². The van der Waals surface area contributed by atoms with E-state index < -0.39 is 97.5 Å². The van der Waals surface area contributed by atoms with Crippen molar-refractivity contribution in [2.45, 2.75) is 368 Å². The first-order valence-electron chi connectivity index (χ1n) is 35.7. The Morgan fingerprint density at radius 1 is 0.322 bits per heavy atom. The minimum Gasteiger partial charge on any atom is -0.462 e. The van der Waals surface area contributed by atoms with Crippen LogP contribution in [0.2, 0.25) is 0 Å². The lowest BCUT2D eigenvalue weighted by Crippen LogP contribution is -2.30. The molecule has 516 valence electrons. The summed E-state index contributed by atoms with van der Waals surface area (Å²) in [5.74, 6) is -1.36. The Morgan fingerprint density at radius 2 is 0.552 bits per heavy atom. The van der Waals surface area contributed by atoms with Gasteiger partial charge in [-0.1, -0.05) is 298 Å². The summed E-state index contributed by atoms with van der Waals surface area (Å²) in [5.41, 5.74) is 0. The van der Waals surface area contributed by atoms with Crippen molar-refractivity contribution < 1.29 is 80.2 Å². The molecule has 0 aliphatic heterocycles. The molecular weight excluding hydrogens is 1150 g/mol. The van der Waals surface area contributed by atoms with Gasteiger partial charge in [-0.05, 0) is 31.6 Å². The molecular formula is C68H132O17P2. The molecule has 0 spiro atoms. The molecule has 0 saturated heterocycles. The predicted molar refractivity (Wildman–Crippen MR) is 349 cm³/mol. The van der Waals surface area contributed by atoms with Gasteiger partial charge in [0.1, 0.15) is 19.3 Å². The fourth-order valence-corrected chi connectivity index (χ4v) is 11.8. The zero-order valence-corrected chi connectivity index (χ0v) is 57.9. The molecule has 0 aliphatic rings. The van der Waals surface area contributed by atoms with Crippen LogP contribution in [-0.4, -0.2) is 96.7 Å². The van der Waals surface area contributed by atoms with E-state index in [0.29, 0.717) is 25.7 Å². The van der Waals surface area contributed by atoms with Gasteiger partial charge in [0, 0.05) is 25.7 Å². The molecule has 0 heterocycles. The molecule has 0 radical (unpaired) electrons. The second-order valence-electron chi connectivity index (χ2n) is 24.8. The highest BCUT2D eigenvalue weighted by Gasteiger charge is 2.30. The monoisotopic (exact) mass is 1280 g/mol. The van der Waals surface area contributed by atoms with E-state index in [4.69, 9.17) is 37.0 Å². The molecule has 19 heteroatoms. The maximum absolute atomic E-state index is 13.0. The summed E-state index contributed by atoms with van der Waals surface area (Å²) >= 11 is 0. The van der Waals surface area contributed by atoms with Crippen molar-refractivity contribution in [1.82, 2.24) is 0 Å². The largest absolute Gasteiger partial charge is 0.472 e. The van der Waals surface area contributed by atoms with Gasteiger partial charge in [0.25, 0.3) is 0 Å². The fourth-order valence-electron chi connectivity index (χ4n) is 10.3. The van der Waals surface area contributed by atoms with E-state index in [2.05, 4.69) is 34.6 Å². The summed E-state index contributed by atoms with van der Waals surface area (Å²) < 4.78 is 68.0. The molecule has 0 aromatic carbocycles. The third-order valence-electron chi connectivity index (χ3n) is 16.1. The number of esters is 4. The number of hydrogen-bond acceptors (Lipinski definition) is 15. The van der Waals surface area contributed by atoms with Crippen LogP contribution in [0.3, 0.4) is 0 Å². The van der Waals surface area contributed by atoms with Crippen LogP contribution >= 0.6 is 15.6 Å². The van der Waals surface area contributed by atoms with E-state index in [1.165, 1.54) is 167 Å². The minimum atomic E-state index is -4.95. The first-order valence-corrected chi connectivity index (χ1v) is 38.7. The van der Waals surface area contributed by atoms with Crippen molar-refractivity contribution in [1.29, 1.82) is 0 Å². The van der Waals surface area contributed by atoms with Gasteiger partial charge in [-0.15, -0.1) is 0 Å². The van der Waals surface area contributed by atoms with Gasteiger partial charge >= 0.3 is 39.5 Å². The molecule has 0 aromatic heterocycles. The maximum Gasteiger partial charge on any atom is 0.472 e. The summed E-state index contributed by atoms with van der Waals surface area (Å²) in [6.07, 6.45) is 47.5. The van der Waals surface area contributed by atoms with E-state index in [9.17, 15) is 43.2 Å². The highest BCUT2D eigenvalue weighted by atomic mass is 31.2. The van der Waals surface area contributed by atoms with Crippen LogP contribution in [0.1, 0.15) is 349 Å². The summed E-state index contributed by atoms with van der Waals surface area (Å²) in [6.45, 7) is 7.15. The molecule has 0 rings (SSSR count). The lowest BCUT2D eigenvalue weighted by Gasteiger charge is -2.21. The van der Waals surface area contributed by atoms with Crippen LogP contribution in [0.25, 0.3) is 0 Å². The average Bonchev–Trinajstić information content (AvgIpc) is 3.61. The van der Waals surface area contributed by atoms with Crippen molar-refractivity contribution >= 4 is 39.5 Å². The fraction of sp³-hybridized carbons (Fsp3) is 0.941. The number of phosphoric ester groups is 2. The Hall–Kier alpha value is -1.94. The van der Waals surface area contributed by atoms with Crippen LogP contribution in [0.15, 0.2) is 0 Å². The molecule has 0 saturated carbocycles. The molecule has 0 aliphatic carbocycles. The van der Waals surface area contributed by atoms with Gasteiger partial charge in [0.05, 0.1) is 26.4 Å². The summed E-state index contributed by atoms with van der Waals surface area (Å²) in [5, 5.41) is 10.5. The SMILES string of the molecule is CCCCCCCCCCCCCCCCCCCCC(=O)O[C@H](COC(=O)CCCCCCCCCCC(C)CC)COP(=O)(O)OC[C@@H](O)COP(=O)(O)OC[C@@H](COC(=O)CCCCCCC)OC(=O)CCCCCCCCCCCCCC. The van der Waals surface area contributed by atoms with Crippen LogP contribution in [0, 0.1) is 5.92 Å². The normalized spacial score (nSPS) is 14.4. The highest BCUT2D eigenvalue weighted by molar-refractivity contribution is 7.47. The van der Waals surface area contributed by atoms with Crippen molar-refractivity contribution in [2.75, 3.05) is 39.6 Å². The van der Waals surface area contributed by atoms with Crippen LogP contribution in [0.4, 0.5) is 0 Å². The number of hydrogen-bond donors (Lipinski definition) is 3. The zero-order chi connectivity index (χ0) is 64.2. The summed E-state index contributed by atoms with van der Waals surface area (Å²) in [6, 6.07) is 0. The van der Waals surface area contributed by atoms with Crippen molar-refractivity contribution in [3.63, 3.8) is 0 Å². The number of aliphatic hydroxyl groups excluding tert-OH is 1. The molecule has 0 aromatic rings. The van der Waals surface area contributed by atoms with E-state index in [1.54, 1.807) is 0 Å². The lowest BCUT2D eigenvalue weighted by atomic mass is 9.99. The van der Waals surface area contributed by atoms with Gasteiger partial charge in [-0.2, -0.15) is 0 Å². The Kier molecular flexibility index (Phi) is 60.2. The molecule has 0 fully saturated rings. The second-order valence-corrected chi connectivity index (χ2v) is 27.7. The molecule has 3 unspecified atom stereocenters. The van der Waals surface area contributed by atoms with Gasteiger partial charge in [-0.25, -0.2) is 9.13 Å². The van der Waals surface area contributed by atoms with Crippen LogP contribution in [-0.2, 0) is 65.4 Å². The van der Waals surface area contributed by atoms with Gasteiger partial charge in [0.15, 0.2) is 12.2 Å². The average molecular weight is 1280 g/mol. The lowest BCUT2D eigenvalue weighted by molar-refractivity contribution is -0.161. The van der Waals surface area contributed by atoms with Crippen molar-refractivity contribution in [3.05, 3.63) is 0 Å². The van der Waals surface area contributed by atoms with E-state index >= 15 is 0 Å². The number of rotatable bonds is 68. The second kappa shape index (κ2) is 61.6. The number of ether oxygens (including phenoxy) is 4. The van der Waals surface area contributed by atoms with E-state index in [1.807, 2.05) is 0 Å². The highest BCUT2D eigenvalue weighted by Crippen LogP contribution is 2.45. The Labute approximate surface area is 530 Å².